The number of aliphatic hydroxyl groups excluding tert-OH is 1. The average molecular weight is 221 g/mol. The molecule has 0 aliphatic carbocycles. The highest BCUT2D eigenvalue weighted by Crippen LogP contribution is 2.33. The fourth-order valence-corrected chi connectivity index (χ4v) is 2.48. The van der Waals surface area contributed by atoms with Crippen LogP contribution in [0.4, 0.5) is 0 Å². The van der Waals surface area contributed by atoms with Crippen molar-refractivity contribution in [1.82, 2.24) is 4.98 Å². The van der Waals surface area contributed by atoms with Crippen molar-refractivity contribution >= 4 is 21.6 Å². The molecule has 0 spiro atoms. The van der Waals surface area contributed by atoms with E-state index in [9.17, 15) is 5.11 Å². The molecule has 0 saturated heterocycles. The summed E-state index contributed by atoms with van der Waals surface area (Å²) in [6.07, 6.45) is -0.391. The Morgan fingerprint density at radius 3 is 2.60 bits per heavy atom. The topological polar surface area (TPSA) is 33.1 Å². The van der Waals surface area contributed by atoms with Gasteiger partial charge in [-0.15, -0.1) is 11.3 Å². The SMILES string of the molecule is CC(O)C(C)(C)c1nc2ccccc2s1. The van der Waals surface area contributed by atoms with Gasteiger partial charge in [0.1, 0.15) is 5.01 Å². The van der Waals surface area contributed by atoms with Crippen LogP contribution in [-0.4, -0.2) is 16.2 Å². The molecule has 2 aromatic rings. The summed E-state index contributed by atoms with van der Waals surface area (Å²) in [5, 5.41) is 10.7. The predicted octanol–water partition coefficient (Wildman–Crippen LogP) is 2.95. The van der Waals surface area contributed by atoms with E-state index < -0.39 is 6.10 Å². The lowest BCUT2D eigenvalue weighted by atomic mass is 9.88. The van der Waals surface area contributed by atoms with Gasteiger partial charge >= 0.3 is 0 Å². The number of aromatic nitrogens is 1. The first-order valence-electron chi connectivity index (χ1n) is 5.06. The molecule has 2 nitrogen and oxygen atoms in total. The van der Waals surface area contributed by atoms with Gasteiger partial charge in [0.05, 0.1) is 16.3 Å². The molecule has 15 heavy (non-hydrogen) atoms. The van der Waals surface area contributed by atoms with E-state index >= 15 is 0 Å². The van der Waals surface area contributed by atoms with Gasteiger partial charge in [0.15, 0.2) is 0 Å². The zero-order valence-electron chi connectivity index (χ0n) is 9.19. The van der Waals surface area contributed by atoms with Gasteiger partial charge in [-0.25, -0.2) is 4.98 Å². The molecule has 0 saturated carbocycles. The third-order valence-corrected chi connectivity index (χ3v) is 4.27. The van der Waals surface area contributed by atoms with Gasteiger partial charge in [-0.1, -0.05) is 26.0 Å². The number of benzene rings is 1. The molecule has 80 valence electrons. The van der Waals surface area contributed by atoms with E-state index in [1.807, 2.05) is 39.0 Å². The van der Waals surface area contributed by atoms with Crippen LogP contribution in [0.1, 0.15) is 25.8 Å². The van der Waals surface area contributed by atoms with E-state index in [1.165, 1.54) is 4.70 Å². The molecule has 1 heterocycles. The van der Waals surface area contributed by atoms with Crippen molar-refractivity contribution in [1.29, 1.82) is 0 Å². The summed E-state index contributed by atoms with van der Waals surface area (Å²) in [6.45, 7) is 5.86. The maximum Gasteiger partial charge on any atom is 0.102 e. The number of hydrogen-bond donors (Lipinski definition) is 1. The molecule has 0 radical (unpaired) electrons. The maximum atomic E-state index is 9.73. The van der Waals surface area contributed by atoms with Crippen LogP contribution in [0, 0.1) is 0 Å². The van der Waals surface area contributed by atoms with Crippen molar-refractivity contribution < 1.29 is 5.11 Å². The van der Waals surface area contributed by atoms with E-state index in [-0.39, 0.29) is 5.41 Å². The van der Waals surface area contributed by atoms with Crippen LogP contribution in [0.2, 0.25) is 0 Å². The van der Waals surface area contributed by atoms with Crippen LogP contribution in [-0.2, 0) is 5.41 Å². The summed E-state index contributed by atoms with van der Waals surface area (Å²) in [5.74, 6) is 0. The van der Waals surface area contributed by atoms with Gasteiger partial charge in [0.2, 0.25) is 0 Å². The molecule has 0 amide bonds. The summed E-state index contributed by atoms with van der Waals surface area (Å²) in [7, 11) is 0. The molecular weight excluding hydrogens is 206 g/mol. The van der Waals surface area contributed by atoms with Crippen molar-refractivity contribution in [2.45, 2.75) is 32.3 Å². The standard InChI is InChI=1S/C12H15NOS/c1-8(14)12(2,3)11-13-9-6-4-5-7-10(9)15-11/h4-8,14H,1-3H3. The molecular formula is C12H15NOS. The normalized spacial score (nSPS) is 14.4. The van der Waals surface area contributed by atoms with E-state index in [4.69, 9.17) is 0 Å². The molecule has 3 heteroatoms. The molecule has 0 aliphatic rings. The van der Waals surface area contributed by atoms with Crippen molar-refractivity contribution in [2.24, 2.45) is 0 Å². The van der Waals surface area contributed by atoms with Gasteiger partial charge in [0, 0.05) is 5.41 Å². The molecule has 0 fully saturated rings. The maximum absolute atomic E-state index is 9.73. The highest BCUT2D eigenvalue weighted by molar-refractivity contribution is 7.18. The van der Waals surface area contributed by atoms with Gasteiger partial charge in [-0.05, 0) is 19.1 Å². The molecule has 1 N–H and O–H groups in total. The molecule has 0 aliphatic heterocycles. The number of nitrogens with zero attached hydrogens (tertiary/aromatic N) is 1. The predicted molar refractivity (Wildman–Crippen MR) is 64.3 cm³/mol. The van der Waals surface area contributed by atoms with Crippen molar-refractivity contribution in [3.63, 3.8) is 0 Å². The molecule has 1 aromatic carbocycles. The molecule has 1 unspecified atom stereocenters. The lowest BCUT2D eigenvalue weighted by Crippen LogP contribution is -2.30. The van der Waals surface area contributed by atoms with Crippen LogP contribution in [0.5, 0.6) is 0 Å². The lowest BCUT2D eigenvalue weighted by molar-refractivity contribution is 0.118. The summed E-state index contributed by atoms with van der Waals surface area (Å²) in [6, 6.07) is 8.07. The van der Waals surface area contributed by atoms with Crippen molar-refractivity contribution in [3.8, 4) is 0 Å². The third-order valence-electron chi connectivity index (χ3n) is 2.89. The molecule has 1 aromatic heterocycles. The Morgan fingerprint density at radius 1 is 1.33 bits per heavy atom. The largest absolute Gasteiger partial charge is 0.392 e. The molecule has 2 rings (SSSR count). The average Bonchev–Trinajstić information content (AvgIpc) is 2.61. The Hall–Kier alpha value is -0.930. The second kappa shape index (κ2) is 3.58. The lowest BCUT2D eigenvalue weighted by Gasteiger charge is -2.24. The van der Waals surface area contributed by atoms with E-state index in [0.29, 0.717) is 0 Å². The van der Waals surface area contributed by atoms with Gasteiger partial charge in [-0.3, -0.25) is 0 Å². The zero-order valence-corrected chi connectivity index (χ0v) is 10.0. The van der Waals surface area contributed by atoms with Crippen LogP contribution in [0.3, 0.4) is 0 Å². The van der Waals surface area contributed by atoms with Gasteiger partial charge in [-0.2, -0.15) is 0 Å². The summed E-state index contributed by atoms with van der Waals surface area (Å²) in [4.78, 5) is 4.56. The number of fused-ring (bicyclic) bond motifs is 1. The van der Waals surface area contributed by atoms with Gasteiger partial charge in [0.25, 0.3) is 0 Å². The van der Waals surface area contributed by atoms with E-state index in [0.717, 1.165) is 10.5 Å². The Balaban J connectivity index is 2.53. The summed E-state index contributed by atoms with van der Waals surface area (Å²) >= 11 is 1.66. The number of hydrogen-bond acceptors (Lipinski definition) is 3. The van der Waals surface area contributed by atoms with E-state index in [2.05, 4.69) is 11.1 Å². The zero-order chi connectivity index (χ0) is 11.1. The first-order chi connectivity index (χ1) is 7.01. The van der Waals surface area contributed by atoms with Crippen LogP contribution in [0.25, 0.3) is 10.2 Å². The summed E-state index contributed by atoms with van der Waals surface area (Å²) in [5.41, 5.74) is 0.746. The molecule has 1 atom stereocenters. The number of para-hydroxylation sites is 1. The minimum atomic E-state index is -0.391. The Labute approximate surface area is 93.6 Å². The number of thiazole rings is 1. The first kappa shape index (κ1) is 10.6. The highest BCUT2D eigenvalue weighted by Gasteiger charge is 2.29. The Morgan fingerprint density at radius 2 is 2.00 bits per heavy atom. The van der Waals surface area contributed by atoms with Crippen LogP contribution >= 0.6 is 11.3 Å². The smallest absolute Gasteiger partial charge is 0.102 e. The van der Waals surface area contributed by atoms with E-state index in [1.54, 1.807) is 11.3 Å². The summed E-state index contributed by atoms with van der Waals surface area (Å²) < 4.78 is 1.18. The fourth-order valence-electron chi connectivity index (χ4n) is 1.33. The van der Waals surface area contributed by atoms with Gasteiger partial charge < -0.3 is 5.11 Å². The van der Waals surface area contributed by atoms with Crippen LogP contribution in [0.15, 0.2) is 24.3 Å². The Kier molecular flexibility index (Phi) is 2.52. The minimum absolute atomic E-state index is 0.274. The second-order valence-corrected chi connectivity index (χ2v) is 5.42. The molecule has 0 bridgehead atoms. The fraction of sp³-hybridized carbons (Fsp3) is 0.417. The quantitative estimate of drug-likeness (QED) is 0.845. The van der Waals surface area contributed by atoms with Crippen LogP contribution < -0.4 is 0 Å². The monoisotopic (exact) mass is 221 g/mol. The highest BCUT2D eigenvalue weighted by atomic mass is 32.1. The number of aliphatic hydroxyl groups is 1. The minimum Gasteiger partial charge on any atom is -0.392 e. The third kappa shape index (κ3) is 1.77. The second-order valence-electron chi connectivity index (χ2n) is 4.38. The first-order valence-corrected chi connectivity index (χ1v) is 5.87. The Bertz CT molecular complexity index is 440. The number of rotatable bonds is 2. The van der Waals surface area contributed by atoms with Crippen molar-refractivity contribution in [2.75, 3.05) is 0 Å². The van der Waals surface area contributed by atoms with Crippen molar-refractivity contribution in [3.05, 3.63) is 29.3 Å².